The van der Waals surface area contributed by atoms with Crippen LogP contribution in [0.3, 0.4) is 0 Å². The van der Waals surface area contributed by atoms with Crippen LogP contribution >= 0.6 is 11.3 Å². The lowest BCUT2D eigenvalue weighted by Gasteiger charge is -2.37. The van der Waals surface area contributed by atoms with Gasteiger partial charge in [-0.15, -0.1) is 11.3 Å². The van der Waals surface area contributed by atoms with Gasteiger partial charge in [0.15, 0.2) is 0 Å². The van der Waals surface area contributed by atoms with E-state index in [9.17, 15) is 18.4 Å². The van der Waals surface area contributed by atoms with Crippen LogP contribution in [0.15, 0.2) is 60.0 Å². The summed E-state index contributed by atoms with van der Waals surface area (Å²) in [5, 5.41) is 1.98. The Labute approximate surface area is 213 Å². The standard InChI is InChI=1S/C27H28F2N2O4S/c1-34-13-4-11-30(27(33)19-5-2-6-20(28)15-19)17-26(32)31-12-9-25-23(10-14-36-25)24(31)18-35-22-8-3-7-21(29)16-22/h2-3,5-8,10,14-16,24H,4,9,11-13,17-18H2,1H3. The lowest BCUT2D eigenvalue weighted by Crippen LogP contribution is -2.48. The summed E-state index contributed by atoms with van der Waals surface area (Å²) in [6.07, 6.45) is 1.24. The summed E-state index contributed by atoms with van der Waals surface area (Å²) in [4.78, 5) is 31.1. The first-order valence-electron chi connectivity index (χ1n) is 11.7. The molecular formula is C27H28F2N2O4S. The van der Waals surface area contributed by atoms with Gasteiger partial charge in [-0.3, -0.25) is 9.59 Å². The van der Waals surface area contributed by atoms with Gasteiger partial charge < -0.3 is 19.3 Å². The van der Waals surface area contributed by atoms with Gasteiger partial charge in [-0.05, 0) is 60.2 Å². The van der Waals surface area contributed by atoms with Gasteiger partial charge in [0.2, 0.25) is 5.91 Å². The van der Waals surface area contributed by atoms with Crippen LogP contribution < -0.4 is 4.74 Å². The Morgan fingerprint density at radius 3 is 2.64 bits per heavy atom. The van der Waals surface area contributed by atoms with Crippen molar-refractivity contribution in [1.29, 1.82) is 0 Å². The molecule has 4 rings (SSSR count). The fraction of sp³-hybridized carbons (Fsp3) is 0.333. The zero-order valence-electron chi connectivity index (χ0n) is 20.0. The highest BCUT2D eigenvalue weighted by Crippen LogP contribution is 2.34. The molecule has 1 aromatic heterocycles. The van der Waals surface area contributed by atoms with E-state index in [1.807, 2.05) is 11.4 Å². The highest BCUT2D eigenvalue weighted by atomic mass is 32.1. The maximum absolute atomic E-state index is 13.8. The van der Waals surface area contributed by atoms with E-state index in [4.69, 9.17) is 9.47 Å². The minimum atomic E-state index is -0.514. The van der Waals surface area contributed by atoms with Gasteiger partial charge in [0.1, 0.15) is 30.5 Å². The molecule has 1 aliphatic heterocycles. The van der Waals surface area contributed by atoms with E-state index in [-0.39, 0.29) is 37.2 Å². The van der Waals surface area contributed by atoms with E-state index in [0.29, 0.717) is 31.7 Å². The van der Waals surface area contributed by atoms with E-state index < -0.39 is 17.5 Å². The van der Waals surface area contributed by atoms with Crippen LogP contribution in [-0.2, 0) is 16.0 Å². The van der Waals surface area contributed by atoms with E-state index in [1.54, 1.807) is 35.5 Å². The third-order valence-electron chi connectivity index (χ3n) is 6.08. The molecule has 1 unspecified atom stereocenters. The first-order chi connectivity index (χ1) is 17.5. The second-order valence-electron chi connectivity index (χ2n) is 8.50. The minimum absolute atomic E-state index is 0.153. The van der Waals surface area contributed by atoms with Crippen molar-refractivity contribution < 1.29 is 27.8 Å². The highest BCUT2D eigenvalue weighted by Gasteiger charge is 2.33. The number of benzene rings is 2. The Hall–Kier alpha value is -3.30. The smallest absolute Gasteiger partial charge is 0.254 e. The molecule has 0 saturated heterocycles. The molecule has 2 heterocycles. The third kappa shape index (κ3) is 6.27. The lowest BCUT2D eigenvalue weighted by molar-refractivity contribution is -0.135. The molecule has 1 aliphatic rings. The largest absolute Gasteiger partial charge is 0.491 e. The van der Waals surface area contributed by atoms with Gasteiger partial charge in [0.25, 0.3) is 5.91 Å². The fourth-order valence-corrected chi connectivity index (χ4v) is 5.25. The van der Waals surface area contributed by atoms with Crippen molar-refractivity contribution in [3.8, 4) is 5.75 Å². The van der Waals surface area contributed by atoms with Crippen LogP contribution in [0.25, 0.3) is 0 Å². The number of carbonyl (C=O) groups is 2. The van der Waals surface area contributed by atoms with Crippen molar-refractivity contribution in [3.05, 3.63) is 87.6 Å². The Morgan fingerprint density at radius 2 is 1.89 bits per heavy atom. The Morgan fingerprint density at radius 1 is 1.11 bits per heavy atom. The number of halogens is 2. The van der Waals surface area contributed by atoms with Gasteiger partial charge in [-0.25, -0.2) is 8.78 Å². The summed E-state index contributed by atoms with van der Waals surface area (Å²) in [5.74, 6) is -1.18. The molecule has 0 fully saturated rings. The molecule has 0 radical (unpaired) electrons. The van der Waals surface area contributed by atoms with Gasteiger partial charge in [-0.2, -0.15) is 0 Å². The molecule has 0 bridgehead atoms. The molecular weight excluding hydrogens is 486 g/mol. The maximum Gasteiger partial charge on any atom is 0.254 e. The lowest BCUT2D eigenvalue weighted by atomic mass is 10.0. The van der Waals surface area contributed by atoms with Crippen LogP contribution in [0, 0.1) is 11.6 Å². The van der Waals surface area contributed by atoms with Gasteiger partial charge in [0.05, 0.1) is 6.04 Å². The second-order valence-corrected chi connectivity index (χ2v) is 9.50. The number of nitrogens with zero attached hydrogens (tertiary/aromatic N) is 2. The molecule has 2 amide bonds. The summed E-state index contributed by atoms with van der Waals surface area (Å²) >= 11 is 1.63. The number of fused-ring (bicyclic) bond motifs is 1. The van der Waals surface area contributed by atoms with Crippen LogP contribution in [0.1, 0.15) is 33.3 Å². The second kappa shape index (κ2) is 12.1. The number of ether oxygens (including phenoxy) is 2. The van der Waals surface area contributed by atoms with E-state index in [2.05, 4.69) is 0 Å². The molecule has 9 heteroatoms. The van der Waals surface area contributed by atoms with Gasteiger partial charge >= 0.3 is 0 Å². The van der Waals surface area contributed by atoms with Crippen molar-refractivity contribution in [2.24, 2.45) is 0 Å². The Balaban J connectivity index is 1.52. The highest BCUT2D eigenvalue weighted by molar-refractivity contribution is 7.10. The van der Waals surface area contributed by atoms with E-state index in [1.165, 1.54) is 46.2 Å². The molecule has 0 N–H and O–H groups in total. The predicted octanol–water partition coefficient (Wildman–Crippen LogP) is 4.71. The minimum Gasteiger partial charge on any atom is -0.491 e. The maximum atomic E-state index is 13.8. The van der Waals surface area contributed by atoms with Crippen molar-refractivity contribution in [3.63, 3.8) is 0 Å². The number of hydrogen-bond acceptors (Lipinski definition) is 5. The summed E-state index contributed by atoms with van der Waals surface area (Å²) in [6.45, 7) is 1.18. The first kappa shape index (κ1) is 25.8. The quantitative estimate of drug-likeness (QED) is 0.368. The molecule has 0 spiro atoms. The normalized spacial score (nSPS) is 14.9. The first-order valence-corrected chi connectivity index (χ1v) is 12.6. The van der Waals surface area contributed by atoms with Crippen molar-refractivity contribution in [2.45, 2.75) is 18.9 Å². The van der Waals surface area contributed by atoms with Gasteiger partial charge in [-0.1, -0.05) is 12.1 Å². The molecule has 3 aromatic rings. The van der Waals surface area contributed by atoms with Crippen LogP contribution in [-0.4, -0.2) is 61.6 Å². The number of hydrogen-bond donors (Lipinski definition) is 0. The van der Waals surface area contributed by atoms with E-state index in [0.717, 1.165) is 5.56 Å². The average molecular weight is 515 g/mol. The van der Waals surface area contributed by atoms with Crippen molar-refractivity contribution >= 4 is 23.2 Å². The summed E-state index contributed by atoms with van der Waals surface area (Å²) in [5.41, 5.74) is 1.18. The van der Waals surface area contributed by atoms with E-state index >= 15 is 0 Å². The number of amides is 2. The zero-order valence-corrected chi connectivity index (χ0v) is 20.8. The SMILES string of the molecule is COCCCN(CC(=O)N1CCc2sccc2C1COc1cccc(F)c1)C(=O)c1cccc(F)c1. The molecule has 36 heavy (non-hydrogen) atoms. The predicted molar refractivity (Wildman–Crippen MR) is 133 cm³/mol. The number of rotatable bonds is 10. The molecule has 0 aliphatic carbocycles. The Kier molecular flexibility index (Phi) is 8.66. The number of methoxy groups -OCH3 is 1. The third-order valence-corrected chi connectivity index (χ3v) is 7.08. The summed E-state index contributed by atoms with van der Waals surface area (Å²) < 4.78 is 38.4. The van der Waals surface area contributed by atoms with Crippen LogP contribution in [0.2, 0.25) is 0 Å². The summed E-state index contributed by atoms with van der Waals surface area (Å²) in [7, 11) is 1.57. The molecule has 1 atom stereocenters. The average Bonchev–Trinajstić information content (AvgIpc) is 3.35. The molecule has 190 valence electrons. The molecule has 0 saturated carbocycles. The van der Waals surface area contributed by atoms with Gasteiger partial charge in [0, 0.05) is 43.3 Å². The zero-order chi connectivity index (χ0) is 25.5. The number of thiophene rings is 1. The monoisotopic (exact) mass is 514 g/mol. The number of carbonyl (C=O) groups excluding carboxylic acids is 2. The molecule has 2 aromatic carbocycles. The van der Waals surface area contributed by atoms with Crippen LogP contribution in [0.5, 0.6) is 5.75 Å². The molecule has 6 nitrogen and oxygen atoms in total. The van der Waals surface area contributed by atoms with Crippen molar-refractivity contribution in [1.82, 2.24) is 9.80 Å². The van der Waals surface area contributed by atoms with Crippen molar-refractivity contribution in [2.75, 3.05) is 40.0 Å². The fourth-order valence-electron chi connectivity index (χ4n) is 4.32. The Bertz CT molecular complexity index is 1200. The summed E-state index contributed by atoms with van der Waals surface area (Å²) in [6, 6.07) is 12.9. The topological polar surface area (TPSA) is 59.1 Å². The van der Waals surface area contributed by atoms with Crippen LogP contribution in [0.4, 0.5) is 8.78 Å².